The summed E-state index contributed by atoms with van der Waals surface area (Å²) in [6.45, 7) is 6.27. The van der Waals surface area contributed by atoms with Gasteiger partial charge in [0.1, 0.15) is 17.5 Å². The van der Waals surface area contributed by atoms with Crippen molar-refractivity contribution in [3.63, 3.8) is 0 Å². The molecule has 8 heteroatoms. The lowest BCUT2D eigenvalue weighted by molar-refractivity contribution is -0.139. The van der Waals surface area contributed by atoms with E-state index in [9.17, 15) is 14.7 Å². The van der Waals surface area contributed by atoms with Crippen molar-refractivity contribution in [1.29, 1.82) is 0 Å². The highest BCUT2D eigenvalue weighted by molar-refractivity contribution is 5.96. The van der Waals surface area contributed by atoms with Gasteiger partial charge in [0.25, 0.3) is 11.8 Å². The second-order valence-electron chi connectivity index (χ2n) is 11.0. The summed E-state index contributed by atoms with van der Waals surface area (Å²) in [5, 5.41) is 16.5. The van der Waals surface area contributed by atoms with Crippen molar-refractivity contribution in [1.82, 2.24) is 15.5 Å². The fraction of sp³-hybridized carbons (Fsp3) is 0.176. The number of carbonyl (C=O) groups excluding carboxylic acids is 1. The summed E-state index contributed by atoms with van der Waals surface area (Å²) in [5.74, 6) is 0.666. The fourth-order valence-electron chi connectivity index (χ4n) is 4.34. The molecular weight excluding hydrogens is 530 g/mol. The van der Waals surface area contributed by atoms with Gasteiger partial charge in [0.15, 0.2) is 0 Å². The number of benzene rings is 4. The molecule has 1 aromatic heterocycles. The number of aliphatic carboxylic acids is 1. The summed E-state index contributed by atoms with van der Waals surface area (Å²) in [4.78, 5) is 29.2. The van der Waals surface area contributed by atoms with Gasteiger partial charge in [0.2, 0.25) is 5.82 Å². The summed E-state index contributed by atoms with van der Waals surface area (Å²) in [7, 11) is 0. The number of nitrogens with one attached hydrogen (secondary N) is 1. The number of hydrogen-bond donors (Lipinski definition) is 2. The summed E-state index contributed by atoms with van der Waals surface area (Å²) in [6, 6.07) is 30.2. The highest BCUT2D eigenvalue weighted by Crippen LogP contribution is 2.27. The van der Waals surface area contributed by atoms with E-state index in [1.807, 2.05) is 66.7 Å². The first-order valence-electron chi connectivity index (χ1n) is 13.6. The van der Waals surface area contributed by atoms with E-state index in [0.29, 0.717) is 28.6 Å². The van der Waals surface area contributed by atoms with Crippen LogP contribution < -0.4 is 10.1 Å². The summed E-state index contributed by atoms with van der Waals surface area (Å²) in [5.41, 5.74) is 3.67. The van der Waals surface area contributed by atoms with E-state index in [1.165, 1.54) is 0 Å². The Hall–Kier alpha value is -5.24. The molecule has 1 amide bonds. The van der Waals surface area contributed by atoms with Gasteiger partial charge in [0, 0.05) is 23.1 Å². The maximum absolute atomic E-state index is 12.8. The topological polar surface area (TPSA) is 115 Å². The van der Waals surface area contributed by atoms with Crippen LogP contribution in [-0.2, 0) is 16.6 Å². The van der Waals surface area contributed by atoms with Gasteiger partial charge in [-0.05, 0) is 65.1 Å². The molecule has 0 radical (unpaired) electrons. The lowest BCUT2D eigenvalue weighted by Crippen LogP contribution is -2.42. The Morgan fingerprint density at radius 3 is 2.07 bits per heavy atom. The number of nitrogens with zero attached hydrogens (tertiary/aromatic N) is 2. The second kappa shape index (κ2) is 12.1. The molecule has 0 saturated carbocycles. The van der Waals surface area contributed by atoms with Gasteiger partial charge in [-0.25, -0.2) is 4.79 Å². The zero-order chi connectivity index (χ0) is 29.7. The number of hydrogen-bond acceptors (Lipinski definition) is 6. The molecule has 0 aliphatic rings. The average molecular weight is 562 g/mol. The maximum atomic E-state index is 12.8. The molecule has 5 rings (SSSR count). The Bertz CT molecular complexity index is 1650. The number of carbonyl (C=O) groups is 2. The van der Waals surface area contributed by atoms with Crippen LogP contribution >= 0.6 is 0 Å². The predicted octanol–water partition coefficient (Wildman–Crippen LogP) is 6.92. The molecule has 8 nitrogen and oxygen atoms in total. The molecule has 2 N–H and O–H groups in total. The molecule has 0 fully saturated rings. The van der Waals surface area contributed by atoms with E-state index in [-0.39, 0.29) is 11.8 Å². The molecular formula is C34H31N3O5. The molecule has 42 heavy (non-hydrogen) atoms. The molecule has 212 valence electrons. The predicted molar refractivity (Wildman–Crippen MR) is 159 cm³/mol. The second-order valence-corrected chi connectivity index (χ2v) is 11.0. The zero-order valence-corrected chi connectivity index (χ0v) is 23.6. The van der Waals surface area contributed by atoms with E-state index < -0.39 is 17.9 Å². The van der Waals surface area contributed by atoms with Gasteiger partial charge in [-0.2, -0.15) is 4.98 Å². The van der Waals surface area contributed by atoms with Gasteiger partial charge in [-0.3, -0.25) is 4.79 Å². The number of carboxylic acids is 1. The Morgan fingerprint density at radius 1 is 0.833 bits per heavy atom. The van der Waals surface area contributed by atoms with Crippen LogP contribution in [0.4, 0.5) is 0 Å². The third-order valence-electron chi connectivity index (χ3n) is 6.77. The smallest absolute Gasteiger partial charge is 0.326 e. The summed E-state index contributed by atoms with van der Waals surface area (Å²) < 4.78 is 11.3. The lowest BCUT2D eigenvalue weighted by Gasteiger charge is -2.19. The van der Waals surface area contributed by atoms with Crippen molar-refractivity contribution < 1.29 is 24.0 Å². The molecule has 5 aromatic rings. The normalized spacial score (nSPS) is 12.0. The minimum Gasteiger partial charge on any atom is -0.480 e. The fourth-order valence-corrected chi connectivity index (χ4v) is 4.34. The van der Waals surface area contributed by atoms with E-state index in [0.717, 1.165) is 22.4 Å². The first-order valence-corrected chi connectivity index (χ1v) is 13.6. The van der Waals surface area contributed by atoms with Crippen LogP contribution in [0.1, 0.15) is 42.3 Å². The number of aromatic nitrogens is 2. The number of carboxylic acid groups (broad SMARTS) is 1. The van der Waals surface area contributed by atoms with Crippen molar-refractivity contribution in [3.8, 4) is 34.3 Å². The Morgan fingerprint density at radius 2 is 1.45 bits per heavy atom. The standard InChI is InChI=1S/C34H31N3O5/c1-34(2,3)26-17-13-24(14-18-26)31(38)35-29(33(39)40)21-22-9-11-23(12-10-22)30-36-32(42-37-30)25-15-19-28(20-16-25)41-27-7-5-4-6-8-27/h4-20,29H,21H2,1-3H3,(H,35,38)(H,39,40). The first-order chi connectivity index (χ1) is 20.2. The number of amides is 1. The molecule has 1 heterocycles. The van der Waals surface area contributed by atoms with Gasteiger partial charge < -0.3 is 19.7 Å². The quantitative estimate of drug-likeness (QED) is 0.201. The zero-order valence-electron chi connectivity index (χ0n) is 23.6. The average Bonchev–Trinajstić information content (AvgIpc) is 3.48. The van der Waals surface area contributed by atoms with E-state index in [1.54, 1.807) is 36.4 Å². The van der Waals surface area contributed by atoms with Crippen molar-refractivity contribution in [2.75, 3.05) is 0 Å². The Labute approximate surface area is 244 Å². The van der Waals surface area contributed by atoms with Gasteiger partial charge in [-0.1, -0.05) is 80.5 Å². The van der Waals surface area contributed by atoms with Crippen LogP contribution in [0.5, 0.6) is 11.5 Å². The molecule has 0 aliphatic carbocycles. The monoisotopic (exact) mass is 561 g/mol. The molecule has 0 saturated heterocycles. The highest BCUT2D eigenvalue weighted by Gasteiger charge is 2.22. The molecule has 1 atom stereocenters. The van der Waals surface area contributed by atoms with Crippen molar-refractivity contribution in [3.05, 3.63) is 120 Å². The molecule has 0 bridgehead atoms. The third kappa shape index (κ3) is 6.90. The van der Waals surface area contributed by atoms with Gasteiger partial charge in [0.05, 0.1) is 0 Å². The molecule has 0 spiro atoms. The van der Waals surface area contributed by atoms with E-state index in [4.69, 9.17) is 9.26 Å². The van der Waals surface area contributed by atoms with Crippen LogP contribution in [-0.4, -0.2) is 33.2 Å². The van der Waals surface area contributed by atoms with Crippen LogP contribution in [0.15, 0.2) is 108 Å². The third-order valence-corrected chi connectivity index (χ3v) is 6.77. The van der Waals surface area contributed by atoms with Gasteiger partial charge >= 0.3 is 5.97 Å². The summed E-state index contributed by atoms with van der Waals surface area (Å²) >= 11 is 0. The van der Waals surface area contributed by atoms with Crippen LogP contribution in [0, 0.1) is 0 Å². The number of rotatable bonds is 9. The SMILES string of the molecule is CC(C)(C)c1ccc(C(=O)NC(Cc2ccc(-c3noc(-c4ccc(Oc5ccccc5)cc4)n3)cc2)C(=O)O)cc1. The van der Waals surface area contributed by atoms with Crippen molar-refractivity contribution >= 4 is 11.9 Å². The Balaban J connectivity index is 1.21. The van der Waals surface area contributed by atoms with E-state index in [2.05, 4.69) is 36.2 Å². The molecule has 1 unspecified atom stereocenters. The molecule has 0 aliphatic heterocycles. The lowest BCUT2D eigenvalue weighted by atomic mass is 9.86. The van der Waals surface area contributed by atoms with E-state index >= 15 is 0 Å². The summed E-state index contributed by atoms with van der Waals surface area (Å²) in [6.07, 6.45) is 0.121. The largest absolute Gasteiger partial charge is 0.480 e. The van der Waals surface area contributed by atoms with Crippen LogP contribution in [0.25, 0.3) is 22.8 Å². The molecule has 4 aromatic carbocycles. The van der Waals surface area contributed by atoms with Gasteiger partial charge in [-0.15, -0.1) is 0 Å². The van der Waals surface area contributed by atoms with Crippen LogP contribution in [0.2, 0.25) is 0 Å². The van der Waals surface area contributed by atoms with Crippen LogP contribution in [0.3, 0.4) is 0 Å². The van der Waals surface area contributed by atoms with Crippen molar-refractivity contribution in [2.45, 2.75) is 38.6 Å². The first kappa shape index (κ1) is 28.3. The maximum Gasteiger partial charge on any atom is 0.326 e. The minimum atomic E-state index is -1.11. The highest BCUT2D eigenvalue weighted by atomic mass is 16.5. The minimum absolute atomic E-state index is 0.0441. The van der Waals surface area contributed by atoms with Crippen molar-refractivity contribution in [2.24, 2.45) is 0 Å². The number of ether oxygens (including phenoxy) is 1. The Kier molecular flexibility index (Phi) is 8.15. The number of para-hydroxylation sites is 1.